The topological polar surface area (TPSA) is 103 Å². The third-order valence-electron chi connectivity index (χ3n) is 6.24. The highest BCUT2D eigenvalue weighted by Crippen LogP contribution is 2.31. The van der Waals surface area contributed by atoms with Gasteiger partial charge in [0.25, 0.3) is 5.56 Å². The summed E-state index contributed by atoms with van der Waals surface area (Å²) in [5, 5.41) is 21.5. The molecule has 0 amide bonds. The number of nitrogens with zero attached hydrogens (tertiary/aromatic N) is 4. The van der Waals surface area contributed by atoms with E-state index in [4.69, 9.17) is 14.8 Å². The molecule has 4 rings (SSSR count). The van der Waals surface area contributed by atoms with Gasteiger partial charge in [-0.1, -0.05) is 24.3 Å². The number of aliphatic hydroxyl groups excluding tert-OH is 1. The normalized spacial score (nSPS) is 14.1. The highest BCUT2D eigenvalue weighted by molar-refractivity contribution is 5.81. The van der Waals surface area contributed by atoms with E-state index in [0.29, 0.717) is 34.6 Å². The standard InChI is InChI=1S/C26H29N5O3/c1-28-21-11-13-31(14-12-21)26-29-24(20-5-3-18(17-27)4-6-20)23(25(33)30(26)2)19-7-9-22(10-8-19)34-16-15-32/h3-10,21,28,32H,11-16H2,1-2H3. The molecule has 1 aliphatic rings. The highest BCUT2D eigenvalue weighted by Gasteiger charge is 2.24. The zero-order valence-corrected chi connectivity index (χ0v) is 19.5. The van der Waals surface area contributed by atoms with Crippen molar-refractivity contribution in [2.24, 2.45) is 7.05 Å². The van der Waals surface area contributed by atoms with Crippen molar-refractivity contribution in [3.8, 4) is 34.2 Å². The molecule has 0 spiro atoms. The Balaban J connectivity index is 1.82. The lowest BCUT2D eigenvalue weighted by Gasteiger charge is -2.33. The molecule has 1 aromatic heterocycles. The summed E-state index contributed by atoms with van der Waals surface area (Å²) < 4.78 is 7.09. The molecule has 176 valence electrons. The molecule has 8 nitrogen and oxygen atoms in total. The minimum atomic E-state index is -0.135. The second kappa shape index (κ2) is 10.5. The third kappa shape index (κ3) is 4.81. The van der Waals surface area contributed by atoms with Crippen molar-refractivity contribution < 1.29 is 9.84 Å². The number of benzene rings is 2. The summed E-state index contributed by atoms with van der Waals surface area (Å²) in [6.45, 7) is 1.77. The van der Waals surface area contributed by atoms with Crippen molar-refractivity contribution in [3.63, 3.8) is 0 Å². The number of aromatic nitrogens is 2. The number of rotatable bonds is 7. The molecule has 0 bridgehead atoms. The van der Waals surface area contributed by atoms with E-state index in [1.165, 1.54) is 0 Å². The Morgan fingerprint density at radius 2 is 1.76 bits per heavy atom. The van der Waals surface area contributed by atoms with Gasteiger partial charge in [0, 0.05) is 31.7 Å². The van der Waals surface area contributed by atoms with Gasteiger partial charge in [0.1, 0.15) is 12.4 Å². The SMILES string of the molecule is CNC1CCN(c2nc(-c3ccc(C#N)cc3)c(-c3ccc(OCCO)cc3)c(=O)n2C)CC1. The van der Waals surface area contributed by atoms with E-state index in [0.717, 1.165) is 37.1 Å². The second-order valence-corrected chi connectivity index (χ2v) is 8.34. The van der Waals surface area contributed by atoms with Gasteiger partial charge in [0.15, 0.2) is 0 Å². The molecule has 0 unspecified atom stereocenters. The fourth-order valence-electron chi connectivity index (χ4n) is 4.29. The number of hydrogen-bond acceptors (Lipinski definition) is 7. The Morgan fingerprint density at radius 1 is 1.12 bits per heavy atom. The van der Waals surface area contributed by atoms with Crippen LogP contribution >= 0.6 is 0 Å². The van der Waals surface area contributed by atoms with Gasteiger partial charge < -0.3 is 20.1 Å². The summed E-state index contributed by atoms with van der Waals surface area (Å²) in [7, 11) is 3.74. The maximum atomic E-state index is 13.7. The predicted octanol–water partition coefficient (Wildman–Crippen LogP) is 2.55. The van der Waals surface area contributed by atoms with Gasteiger partial charge in [-0.15, -0.1) is 0 Å². The summed E-state index contributed by atoms with van der Waals surface area (Å²) in [6.07, 6.45) is 1.96. The van der Waals surface area contributed by atoms with Crippen molar-refractivity contribution in [1.82, 2.24) is 14.9 Å². The Kier molecular flexibility index (Phi) is 7.26. The number of anilines is 1. The van der Waals surface area contributed by atoms with Gasteiger partial charge in [0.2, 0.25) is 5.95 Å². The van der Waals surface area contributed by atoms with Crippen LogP contribution in [0.4, 0.5) is 5.95 Å². The maximum Gasteiger partial charge on any atom is 0.263 e. The van der Waals surface area contributed by atoms with E-state index in [1.54, 1.807) is 35.9 Å². The monoisotopic (exact) mass is 459 g/mol. The summed E-state index contributed by atoms with van der Waals surface area (Å²) in [6, 6.07) is 17.0. The van der Waals surface area contributed by atoms with Crippen molar-refractivity contribution in [3.05, 3.63) is 64.4 Å². The average Bonchev–Trinajstić information content (AvgIpc) is 2.89. The summed E-state index contributed by atoms with van der Waals surface area (Å²) in [5.41, 5.74) is 3.00. The maximum absolute atomic E-state index is 13.7. The Morgan fingerprint density at radius 3 is 2.35 bits per heavy atom. The van der Waals surface area contributed by atoms with Gasteiger partial charge in [0.05, 0.1) is 29.5 Å². The lowest BCUT2D eigenvalue weighted by atomic mass is 9.99. The number of nitrogens with one attached hydrogen (secondary N) is 1. The molecule has 2 heterocycles. The molecule has 0 atom stereocenters. The van der Waals surface area contributed by atoms with Crippen LogP contribution in [0.25, 0.3) is 22.4 Å². The molecule has 8 heteroatoms. The fourth-order valence-corrected chi connectivity index (χ4v) is 4.29. The van der Waals surface area contributed by atoms with Crippen molar-refractivity contribution in [2.45, 2.75) is 18.9 Å². The fraction of sp³-hybridized carbons (Fsp3) is 0.346. The van der Waals surface area contributed by atoms with Gasteiger partial charge >= 0.3 is 0 Å². The van der Waals surface area contributed by atoms with Crippen molar-refractivity contribution in [2.75, 3.05) is 38.3 Å². The van der Waals surface area contributed by atoms with Gasteiger partial charge in [-0.3, -0.25) is 9.36 Å². The van der Waals surface area contributed by atoms with Crippen LogP contribution in [0.3, 0.4) is 0 Å². The predicted molar refractivity (Wildman–Crippen MR) is 132 cm³/mol. The molecule has 1 saturated heterocycles. The number of hydrogen-bond donors (Lipinski definition) is 2. The minimum Gasteiger partial charge on any atom is -0.491 e. The Labute approximate surface area is 199 Å². The average molecular weight is 460 g/mol. The largest absolute Gasteiger partial charge is 0.491 e. The van der Waals surface area contributed by atoms with E-state index in [1.807, 2.05) is 31.3 Å². The summed E-state index contributed by atoms with van der Waals surface area (Å²) in [4.78, 5) is 20.9. The number of nitriles is 1. The summed E-state index contributed by atoms with van der Waals surface area (Å²) in [5.74, 6) is 1.26. The lowest BCUT2D eigenvalue weighted by molar-refractivity contribution is 0.201. The van der Waals surface area contributed by atoms with Crippen LogP contribution in [-0.4, -0.2) is 54.1 Å². The zero-order chi connectivity index (χ0) is 24.1. The number of piperidine rings is 1. The molecule has 0 aliphatic carbocycles. The lowest BCUT2D eigenvalue weighted by Crippen LogP contribution is -2.43. The molecule has 1 fully saturated rings. The van der Waals surface area contributed by atoms with Crippen molar-refractivity contribution >= 4 is 5.95 Å². The van der Waals surface area contributed by atoms with Crippen LogP contribution in [0.5, 0.6) is 5.75 Å². The summed E-state index contributed by atoms with van der Waals surface area (Å²) >= 11 is 0. The van der Waals surface area contributed by atoms with Crippen LogP contribution in [-0.2, 0) is 7.05 Å². The van der Waals surface area contributed by atoms with Gasteiger partial charge in [-0.25, -0.2) is 4.98 Å². The molecule has 1 aliphatic heterocycles. The molecule has 0 saturated carbocycles. The van der Waals surface area contributed by atoms with E-state index in [-0.39, 0.29) is 18.8 Å². The smallest absolute Gasteiger partial charge is 0.263 e. The van der Waals surface area contributed by atoms with E-state index in [2.05, 4.69) is 16.3 Å². The first-order valence-corrected chi connectivity index (χ1v) is 11.4. The first kappa shape index (κ1) is 23.5. The quantitative estimate of drug-likeness (QED) is 0.560. The van der Waals surface area contributed by atoms with Crippen LogP contribution in [0.1, 0.15) is 18.4 Å². The molecule has 2 N–H and O–H groups in total. The van der Waals surface area contributed by atoms with Gasteiger partial charge in [-0.05, 0) is 49.7 Å². The molecular weight excluding hydrogens is 430 g/mol. The molecule has 0 radical (unpaired) electrons. The first-order valence-electron chi connectivity index (χ1n) is 11.4. The molecule has 2 aromatic carbocycles. The van der Waals surface area contributed by atoms with Crippen molar-refractivity contribution in [1.29, 1.82) is 5.26 Å². The van der Waals surface area contributed by atoms with Gasteiger partial charge in [-0.2, -0.15) is 5.26 Å². The highest BCUT2D eigenvalue weighted by atomic mass is 16.5. The van der Waals surface area contributed by atoms with Crippen LogP contribution in [0.15, 0.2) is 53.3 Å². The minimum absolute atomic E-state index is 0.0674. The molecule has 3 aromatic rings. The van der Waals surface area contributed by atoms with E-state index >= 15 is 0 Å². The molecular formula is C26H29N5O3. The van der Waals surface area contributed by atoms with Crippen LogP contribution < -0.4 is 20.5 Å². The Bertz CT molecular complexity index is 1220. The third-order valence-corrected chi connectivity index (χ3v) is 6.24. The Hall–Kier alpha value is -3.67. The molecule has 34 heavy (non-hydrogen) atoms. The second-order valence-electron chi connectivity index (χ2n) is 8.34. The van der Waals surface area contributed by atoms with E-state index in [9.17, 15) is 10.1 Å². The zero-order valence-electron chi connectivity index (χ0n) is 19.5. The van der Waals surface area contributed by atoms with Crippen LogP contribution in [0.2, 0.25) is 0 Å². The van der Waals surface area contributed by atoms with E-state index < -0.39 is 0 Å². The first-order chi connectivity index (χ1) is 16.5. The van der Waals surface area contributed by atoms with Crippen LogP contribution in [0, 0.1) is 11.3 Å². The number of aliphatic hydroxyl groups is 1. The number of ether oxygens (including phenoxy) is 1.